The average molecular weight is 295 g/mol. The summed E-state index contributed by atoms with van der Waals surface area (Å²) in [6, 6.07) is 14.1. The van der Waals surface area contributed by atoms with Crippen molar-refractivity contribution in [2.24, 2.45) is 0 Å². The third kappa shape index (κ3) is 2.53. The van der Waals surface area contributed by atoms with Crippen LogP contribution in [0.1, 0.15) is 41.7 Å². The number of fused-ring (bicyclic) bond motifs is 1. The zero-order valence-corrected chi connectivity index (χ0v) is 13.2. The molecule has 2 aromatic carbocycles. The molecule has 0 saturated heterocycles. The molecule has 0 saturated carbocycles. The second-order valence-corrected chi connectivity index (χ2v) is 5.78. The van der Waals surface area contributed by atoms with Gasteiger partial charge in [-0.15, -0.1) is 0 Å². The van der Waals surface area contributed by atoms with Crippen molar-refractivity contribution in [2.75, 3.05) is 5.32 Å². The summed E-state index contributed by atoms with van der Waals surface area (Å²) in [6.45, 7) is 6.18. The van der Waals surface area contributed by atoms with Crippen LogP contribution in [0, 0.1) is 13.8 Å². The van der Waals surface area contributed by atoms with Crippen LogP contribution in [0.15, 0.2) is 42.5 Å². The number of nitrogens with one attached hydrogen (secondary N) is 1. The molecule has 0 spiro atoms. The van der Waals surface area contributed by atoms with Gasteiger partial charge < -0.3 is 10.1 Å². The predicted molar refractivity (Wildman–Crippen MR) is 88.0 cm³/mol. The molecule has 1 aliphatic heterocycles. The average Bonchev–Trinajstić information content (AvgIpc) is 2.66. The van der Waals surface area contributed by atoms with Gasteiger partial charge in [0.2, 0.25) is 0 Å². The summed E-state index contributed by atoms with van der Waals surface area (Å²) in [4.78, 5) is 12.3. The van der Waals surface area contributed by atoms with Gasteiger partial charge in [0.25, 0.3) is 5.91 Å². The molecular formula is C19H21NO2. The molecule has 0 radical (unpaired) electrons. The fraction of sp³-hybridized carbons (Fsp3) is 0.316. The van der Waals surface area contributed by atoms with Crippen molar-refractivity contribution in [3.05, 3.63) is 64.7 Å². The minimum Gasteiger partial charge on any atom is -0.356 e. The van der Waals surface area contributed by atoms with Crippen molar-refractivity contribution < 1.29 is 9.53 Å². The number of hydrogen-bond donors (Lipinski definition) is 1. The van der Waals surface area contributed by atoms with E-state index in [0.717, 1.165) is 16.8 Å². The first kappa shape index (κ1) is 14.8. The van der Waals surface area contributed by atoms with Crippen LogP contribution in [0.5, 0.6) is 0 Å². The molecular weight excluding hydrogens is 274 g/mol. The minimum absolute atomic E-state index is 0.0669. The Balaban J connectivity index is 2.15. The van der Waals surface area contributed by atoms with E-state index in [0.29, 0.717) is 6.42 Å². The van der Waals surface area contributed by atoms with Crippen molar-refractivity contribution >= 4 is 11.6 Å². The van der Waals surface area contributed by atoms with Gasteiger partial charge in [0.15, 0.2) is 0 Å². The third-order valence-electron chi connectivity index (χ3n) is 4.39. The monoisotopic (exact) mass is 295 g/mol. The molecule has 1 N–H and O–H groups in total. The topological polar surface area (TPSA) is 38.3 Å². The molecule has 22 heavy (non-hydrogen) atoms. The Kier molecular flexibility index (Phi) is 3.99. The number of hydrogen-bond acceptors (Lipinski definition) is 2. The number of benzene rings is 2. The van der Waals surface area contributed by atoms with Crippen molar-refractivity contribution in [3.8, 4) is 0 Å². The number of ether oxygens (including phenoxy) is 1. The molecule has 114 valence electrons. The maximum atomic E-state index is 12.3. The highest BCUT2D eigenvalue weighted by Gasteiger charge is 2.31. The fourth-order valence-electron chi connectivity index (χ4n) is 2.93. The molecule has 1 aliphatic rings. The van der Waals surface area contributed by atoms with Gasteiger partial charge in [-0.3, -0.25) is 4.79 Å². The zero-order valence-electron chi connectivity index (χ0n) is 13.2. The Hall–Kier alpha value is -2.13. The fourth-order valence-corrected chi connectivity index (χ4v) is 2.93. The lowest BCUT2D eigenvalue weighted by Crippen LogP contribution is -2.28. The summed E-state index contributed by atoms with van der Waals surface area (Å²) < 4.78 is 6.21. The van der Waals surface area contributed by atoms with Gasteiger partial charge in [-0.2, -0.15) is 0 Å². The van der Waals surface area contributed by atoms with Gasteiger partial charge in [0.1, 0.15) is 12.2 Å². The maximum Gasteiger partial charge on any atom is 0.253 e. The molecule has 2 aromatic rings. The van der Waals surface area contributed by atoms with Crippen molar-refractivity contribution in [2.45, 2.75) is 39.4 Å². The first-order chi connectivity index (χ1) is 10.6. The van der Waals surface area contributed by atoms with Crippen molar-refractivity contribution in [1.29, 1.82) is 0 Å². The van der Waals surface area contributed by atoms with E-state index in [2.05, 4.69) is 31.3 Å². The second-order valence-electron chi connectivity index (χ2n) is 5.78. The highest BCUT2D eigenvalue weighted by atomic mass is 16.5. The van der Waals surface area contributed by atoms with E-state index in [1.54, 1.807) is 0 Å². The van der Waals surface area contributed by atoms with Gasteiger partial charge in [-0.1, -0.05) is 43.3 Å². The van der Waals surface area contributed by atoms with Crippen LogP contribution < -0.4 is 5.32 Å². The van der Waals surface area contributed by atoms with Gasteiger partial charge in [-0.05, 0) is 43.0 Å². The molecule has 3 rings (SSSR count). The highest BCUT2D eigenvalue weighted by molar-refractivity contribution is 5.95. The van der Waals surface area contributed by atoms with E-state index < -0.39 is 6.10 Å². The lowest BCUT2D eigenvalue weighted by molar-refractivity contribution is -0.129. The molecule has 3 heteroatoms. The van der Waals surface area contributed by atoms with E-state index in [1.165, 1.54) is 11.1 Å². The number of carbonyl (C=O) groups excluding carboxylic acids is 1. The van der Waals surface area contributed by atoms with Crippen LogP contribution >= 0.6 is 0 Å². The van der Waals surface area contributed by atoms with E-state index in [9.17, 15) is 4.79 Å². The number of amides is 1. The van der Waals surface area contributed by atoms with Crippen LogP contribution in [0.4, 0.5) is 5.69 Å². The molecule has 0 unspecified atom stereocenters. The van der Waals surface area contributed by atoms with Crippen LogP contribution in [0.3, 0.4) is 0 Å². The first-order valence-corrected chi connectivity index (χ1v) is 7.73. The number of carbonyl (C=O) groups is 1. The SMILES string of the molecule is CC[C@H]1O[C@H](c2cccc(C)c2C)c2ccccc2NC1=O. The molecule has 0 aromatic heterocycles. The Bertz CT molecular complexity index is 708. The first-order valence-electron chi connectivity index (χ1n) is 7.73. The smallest absolute Gasteiger partial charge is 0.253 e. The normalized spacial score (nSPS) is 21.0. The zero-order chi connectivity index (χ0) is 15.7. The summed E-state index contributed by atoms with van der Waals surface area (Å²) in [5.74, 6) is -0.0669. The second kappa shape index (κ2) is 5.93. The molecule has 3 nitrogen and oxygen atoms in total. The lowest BCUT2D eigenvalue weighted by Gasteiger charge is -2.23. The lowest BCUT2D eigenvalue weighted by atomic mass is 9.94. The van der Waals surface area contributed by atoms with Gasteiger partial charge >= 0.3 is 0 Å². The summed E-state index contributed by atoms with van der Waals surface area (Å²) in [5.41, 5.74) is 5.43. The van der Waals surface area contributed by atoms with Crippen LogP contribution in [0.25, 0.3) is 0 Å². The largest absolute Gasteiger partial charge is 0.356 e. The predicted octanol–water partition coefficient (Wildman–Crippen LogP) is 4.14. The highest BCUT2D eigenvalue weighted by Crippen LogP contribution is 2.37. The van der Waals surface area contributed by atoms with Gasteiger partial charge in [-0.25, -0.2) is 0 Å². The van der Waals surface area contributed by atoms with Crippen LogP contribution in [-0.2, 0) is 9.53 Å². The third-order valence-corrected chi connectivity index (χ3v) is 4.39. The van der Waals surface area contributed by atoms with Gasteiger partial charge in [0, 0.05) is 11.3 Å². The van der Waals surface area contributed by atoms with Crippen molar-refractivity contribution in [3.63, 3.8) is 0 Å². The Morgan fingerprint density at radius 2 is 1.77 bits per heavy atom. The molecule has 2 atom stereocenters. The van der Waals surface area contributed by atoms with E-state index in [1.807, 2.05) is 37.3 Å². The van der Waals surface area contributed by atoms with Gasteiger partial charge in [0.05, 0.1) is 0 Å². The molecule has 0 aliphatic carbocycles. The Morgan fingerprint density at radius 1 is 1.05 bits per heavy atom. The number of aryl methyl sites for hydroxylation is 1. The quantitative estimate of drug-likeness (QED) is 0.904. The molecule has 1 heterocycles. The Labute approximate surface area is 131 Å². The summed E-state index contributed by atoms with van der Waals surface area (Å²) in [5, 5.41) is 2.99. The van der Waals surface area contributed by atoms with E-state index >= 15 is 0 Å². The van der Waals surface area contributed by atoms with Crippen LogP contribution in [0.2, 0.25) is 0 Å². The molecule has 1 amide bonds. The van der Waals surface area contributed by atoms with E-state index in [4.69, 9.17) is 4.74 Å². The summed E-state index contributed by atoms with van der Waals surface area (Å²) >= 11 is 0. The minimum atomic E-state index is -0.433. The maximum absolute atomic E-state index is 12.3. The summed E-state index contributed by atoms with van der Waals surface area (Å²) in [6.07, 6.45) is -0.00131. The standard InChI is InChI=1S/C19H21NO2/c1-4-17-19(21)20-16-11-6-5-9-15(16)18(22-17)14-10-7-8-12(2)13(14)3/h5-11,17-18H,4H2,1-3H3,(H,20,21)/t17-,18-/m1/s1. The van der Waals surface area contributed by atoms with Crippen molar-refractivity contribution in [1.82, 2.24) is 0 Å². The van der Waals surface area contributed by atoms with Crippen LogP contribution in [-0.4, -0.2) is 12.0 Å². The molecule has 0 fully saturated rings. The number of para-hydroxylation sites is 1. The number of rotatable bonds is 2. The summed E-state index contributed by atoms with van der Waals surface area (Å²) in [7, 11) is 0. The molecule has 0 bridgehead atoms. The van der Waals surface area contributed by atoms with E-state index in [-0.39, 0.29) is 12.0 Å². The number of anilines is 1. The Morgan fingerprint density at radius 3 is 2.55 bits per heavy atom.